The maximum absolute atomic E-state index is 12.6. The Morgan fingerprint density at radius 1 is 1.03 bits per heavy atom. The molecule has 0 aliphatic carbocycles. The fourth-order valence-corrected chi connectivity index (χ4v) is 3.59. The van der Waals surface area contributed by atoms with Crippen LogP contribution in [0, 0.1) is 18.3 Å². The molecule has 0 unspecified atom stereocenters. The van der Waals surface area contributed by atoms with Gasteiger partial charge in [-0.3, -0.25) is 4.79 Å². The monoisotopic (exact) mass is 446 g/mol. The molecule has 0 aromatic heterocycles. The third-order valence-electron chi connectivity index (χ3n) is 4.37. The summed E-state index contributed by atoms with van der Waals surface area (Å²) in [6, 6.07) is 23.9. The zero-order valence-electron chi connectivity index (χ0n) is 17.5. The van der Waals surface area contributed by atoms with E-state index < -0.39 is 18.5 Å². The van der Waals surface area contributed by atoms with Crippen LogP contribution < -0.4 is 10.1 Å². The van der Waals surface area contributed by atoms with Gasteiger partial charge in [-0.05, 0) is 36.8 Å². The molecule has 0 fully saturated rings. The number of aryl methyl sites for hydroxylation is 1. The van der Waals surface area contributed by atoms with Crippen molar-refractivity contribution in [1.82, 2.24) is 0 Å². The van der Waals surface area contributed by atoms with Gasteiger partial charge in [-0.15, -0.1) is 11.8 Å². The van der Waals surface area contributed by atoms with Gasteiger partial charge in [-0.25, -0.2) is 4.79 Å². The minimum absolute atomic E-state index is 0.248. The van der Waals surface area contributed by atoms with E-state index in [1.54, 1.807) is 36.4 Å². The van der Waals surface area contributed by atoms with Crippen molar-refractivity contribution in [3.8, 4) is 11.8 Å². The van der Waals surface area contributed by atoms with E-state index in [4.69, 9.17) is 14.7 Å². The van der Waals surface area contributed by atoms with Crippen LogP contribution in [0.15, 0.2) is 77.7 Å². The third-order valence-corrected chi connectivity index (χ3v) is 5.31. The fraction of sp³-hybridized carbons (Fsp3) is 0.160. The predicted molar refractivity (Wildman–Crippen MR) is 124 cm³/mol. The van der Waals surface area contributed by atoms with Crippen molar-refractivity contribution >= 4 is 29.3 Å². The minimum atomic E-state index is -0.646. The highest BCUT2D eigenvalue weighted by atomic mass is 32.2. The van der Waals surface area contributed by atoms with Crippen LogP contribution in [0.5, 0.6) is 5.75 Å². The summed E-state index contributed by atoms with van der Waals surface area (Å²) in [6.45, 7) is 1.87. The number of amides is 1. The molecule has 0 spiro atoms. The molecule has 0 bridgehead atoms. The molecule has 1 N–H and O–H groups in total. The van der Waals surface area contributed by atoms with Crippen molar-refractivity contribution in [2.75, 3.05) is 17.7 Å². The number of rotatable bonds is 9. The van der Waals surface area contributed by atoms with Crippen molar-refractivity contribution in [1.29, 1.82) is 5.26 Å². The van der Waals surface area contributed by atoms with Crippen LogP contribution >= 0.6 is 11.8 Å². The molecule has 0 saturated carbocycles. The topological polar surface area (TPSA) is 88.4 Å². The quantitative estimate of drug-likeness (QED) is 0.368. The van der Waals surface area contributed by atoms with E-state index in [2.05, 4.69) is 11.4 Å². The maximum atomic E-state index is 12.6. The first-order chi connectivity index (χ1) is 15.6. The Morgan fingerprint density at radius 3 is 2.62 bits per heavy atom. The second-order valence-corrected chi connectivity index (χ2v) is 7.86. The normalized spacial score (nSPS) is 10.1. The number of anilines is 1. The maximum Gasteiger partial charge on any atom is 0.342 e. The van der Waals surface area contributed by atoms with Crippen LogP contribution in [0.4, 0.5) is 5.69 Å². The number of hydrogen-bond acceptors (Lipinski definition) is 6. The highest BCUT2D eigenvalue weighted by molar-refractivity contribution is 7.99. The first kappa shape index (κ1) is 22.9. The van der Waals surface area contributed by atoms with Gasteiger partial charge in [0.05, 0.1) is 17.5 Å². The van der Waals surface area contributed by atoms with Crippen LogP contribution in [-0.2, 0) is 16.1 Å². The van der Waals surface area contributed by atoms with Crippen molar-refractivity contribution in [3.63, 3.8) is 0 Å². The van der Waals surface area contributed by atoms with E-state index in [0.29, 0.717) is 18.0 Å². The summed E-state index contributed by atoms with van der Waals surface area (Å²) < 4.78 is 11.0. The van der Waals surface area contributed by atoms with Gasteiger partial charge in [0.1, 0.15) is 17.9 Å². The summed E-state index contributed by atoms with van der Waals surface area (Å²) in [7, 11) is 0. The van der Waals surface area contributed by atoms with Gasteiger partial charge in [0, 0.05) is 4.90 Å². The van der Waals surface area contributed by atoms with E-state index in [1.165, 1.54) is 11.8 Å². The number of carbonyl (C=O) groups is 2. The second-order valence-electron chi connectivity index (χ2n) is 6.84. The van der Waals surface area contributed by atoms with E-state index in [0.717, 1.165) is 16.0 Å². The number of carbonyl (C=O) groups excluding carboxylic acids is 2. The Morgan fingerprint density at radius 2 is 1.81 bits per heavy atom. The summed E-state index contributed by atoms with van der Waals surface area (Å²) in [5.41, 5.74) is 2.92. The van der Waals surface area contributed by atoms with Gasteiger partial charge >= 0.3 is 5.97 Å². The van der Waals surface area contributed by atoms with Crippen molar-refractivity contribution < 1.29 is 19.1 Å². The zero-order chi connectivity index (χ0) is 22.8. The number of benzene rings is 3. The Hall–Kier alpha value is -3.76. The lowest BCUT2D eigenvalue weighted by molar-refractivity contribution is -0.119. The number of nitriles is 1. The van der Waals surface area contributed by atoms with E-state index in [1.807, 2.05) is 43.3 Å². The van der Waals surface area contributed by atoms with E-state index in [-0.39, 0.29) is 11.3 Å². The molecule has 32 heavy (non-hydrogen) atoms. The number of ether oxygens (including phenoxy) is 2. The molecule has 0 aliphatic rings. The lowest BCUT2D eigenvalue weighted by Crippen LogP contribution is -2.21. The average molecular weight is 447 g/mol. The van der Waals surface area contributed by atoms with Crippen molar-refractivity contribution in [2.45, 2.75) is 18.4 Å². The van der Waals surface area contributed by atoms with Gasteiger partial charge in [-0.2, -0.15) is 5.26 Å². The van der Waals surface area contributed by atoms with Crippen LogP contribution in [0.2, 0.25) is 0 Å². The molecule has 3 aromatic carbocycles. The molecule has 7 heteroatoms. The van der Waals surface area contributed by atoms with Crippen LogP contribution in [-0.4, -0.2) is 24.2 Å². The molecule has 0 saturated heterocycles. The lowest BCUT2D eigenvalue weighted by Gasteiger charge is -2.12. The van der Waals surface area contributed by atoms with Gasteiger partial charge in [0.2, 0.25) is 0 Å². The second kappa shape index (κ2) is 11.6. The smallest absolute Gasteiger partial charge is 0.342 e. The molecule has 3 aromatic rings. The number of thioether (sulfide) groups is 1. The summed E-state index contributed by atoms with van der Waals surface area (Å²) >= 11 is 1.32. The molecule has 162 valence electrons. The molecule has 1 amide bonds. The summed E-state index contributed by atoms with van der Waals surface area (Å²) in [5.74, 6) is -0.465. The largest absolute Gasteiger partial charge is 0.488 e. The molecule has 0 atom stereocenters. The number of nitrogens with one attached hydrogen (secondary N) is 1. The Labute approximate surface area is 191 Å². The third kappa shape index (κ3) is 6.62. The molecule has 0 heterocycles. The summed E-state index contributed by atoms with van der Waals surface area (Å²) in [6.07, 6.45) is 0. The molecule has 0 radical (unpaired) electrons. The Kier molecular flexibility index (Phi) is 8.29. The predicted octanol–water partition coefficient (Wildman–Crippen LogP) is 4.99. The highest BCUT2D eigenvalue weighted by Crippen LogP contribution is 2.26. The van der Waals surface area contributed by atoms with E-state index in [9.17, 15) is 9.59 Å². The average Bonchev–Trinajstić information content (AvgIpc) is 2.81. The minimum Gasteiger partial charge on any atom is -0.488 e. The summed E-state index contributed by atoms with van der Waals surface area (Å²) in [5, 5.41) is 11.5. The van der Waals surface area contributed by atoms with Crippen LogP contribution in [0.3, 0.4) is 0 Å². The molecular weight excluding hydrogens is 424 g/mol. The van der Waals surface area contributed by atoms with E-state index >= 15 is 0 Å². The lowest BCUT2D eigenvalue weighted by atomic mass is 10.1. The Bertz CT molecular complexity index is 1140. The summed E-state index contributed by atoms with van der Waals surface area (Å²) in [4.78, 5) is 25.6. The molecule has 3 rings (SSSR count). The number of para-hydroxylation sites is 2. The van der Waals surface area contributed by atoms with Crippen LogP contribution in [0.1, 0.15) is 21.5 Å². The first-order valence-electron chi connectivity index (χ1n) is 9.90. The van der Waals surface area contributed by atoms with Gasteiger partial charge in [0.15, 0.2) is 6.61 Å². The van der Waals surface area contributed by atoms with Gasteiger partial charge in [-0.1, -0.05) is 54.1 Å². The number of esters is 1. The van der Waals surface area contributed by atoms with Crippen LogP contribution in [0.25, 0.3) is 0 Å². The highest BCUT2D eigenvalue weighted by Gasteiger charge is 2.16. The zero-order valence-corrected chi connectivity index (χ0v) is 18.4. The SMILES string of the molecule is Cc1cccc(COc2ccccc2C(=O)OCC(=O)Nc2ccccc2SCC#N)c1. The number of nitrogens with zero attached hydrogens (tertiary/aromatic N) is 1. The molecule has 6 nitrogen and oxygen atoms in total. The first-order valence-corrected chi connectivity index (χ1v) is 10.9. The number of hydrogen-bond donors (Lipinski definition) is 1. The molecular formula is C25H22N2O4S. The van der Waals surface area contributed by atoms with Crippen molar-refractivity contribution in [3.05, 3.63) is 89.5 Å². The Balaban J connectivity index is 1.58. The molecule has 0 aliphatic heterocycles. The fourth-order valence-electron chi connectivity index (χ4n) is 2.93. The van der Waals surface area contributed by atoms with Gasteiger partial charge in [0.25, 0.3) is 5.91 Å². The standard InChI is InChI=1S/C25H22N2O4S/c1-18-7-6-8-19(15-18)16-30-22-11-4-2-9-20(22)25(29)31-17-24(28)27-21-10-3-5-12-23(21)32-14-13-26/h2-12,15H,14,16-17H2,1H3,(H,27,28). The van der Waals surface area contributed by atoms with Gasteiger partial charge < -0.3 is 14.8 Å². The van der Waals surface area contributed by atoms with Crippen molar-refractivity contribution in [2.24, 2.45) is 0 Å².